The molecule has 3 rings (SSSR count). The van der Waals surface area contributed by atoms with Gasteiger partial charge in [0.05, 0.1) is 10.9 Å². The zero-order valence-corrected chi connectivity index (χ0v) is 27.0. The minimum atomic E-state index is -4.26. The van der Waals surface area contributed by atoms with Gasteiger partial charge in [0.25, 0.3) is 21.8 Å². The molecule has 1 atom stereocenters. The first kappa shape index (κ1) is 33.5. The smallest absolute Gasteiger partial charge is 0.427 e. The number of nitrogens with zero attached hydrogens (tertiary/aromatic N) is 3. The molecule has 0 aromatic heterocycles. The molecule has 3 aromatic carbocycles. The van der Waals surface area contributed by atoms with E-state index >= 15 is 0 Å². The Labute approximate surface area is 255 Å². The molecule has 2 N–H and O–H groups in total. The van der Waals surface area contributed by atoms with Gasteiger partial charge in [-0.3, -0.25) is 15.0 Å². The molecule has 0 unspecified atom stereocenters. The van der Waals surface area contributed by atoms with Gasteiger partial charge in [-0.2, -0.15) is 9.43 Å². The van der Waals surface area contributed by atoms with Gasteiger partial charge < -0.3 is 5.02 Å². The lowest BCUT2D eigenvalue weighted by molar-refractivity contribution is 0.0285. The normalized spacial score (nSPS) is 12.3. The Balaban J connectivity index is 2.01. The number of hydrazine groups is 1. The average Bonchev–Trinajstić information content (AvgIpc) is 2.91. The summed E-state index contributed by atoms with van der Waals surface area (Å²) in [6, 6.07) is 15.9. The number of aryl methyl sites for hydroxylation is 4. The molecule has 0 aliphatic heterocycles. The fraction of sp³-hybridized carbons (Fsp3) is 0.344. The summed E-state index contributed by atoms with van der Waals surface area (Å²) >= 11 is 0. The summed E-state index contributed by atoms with van der Waals surface area (Å²) in [5.41, 5.74) is 6.42. The Kier molecular flexibility index (Phi) is 10.2. The van der Waals surface area contributed by atoms with E-state index in [9.17, 15) is 23.0 Å². The number of carbonyl (C=O) groups excluding carboxylic acids is 2. The summed E-state index contributed by atoms with van der Waals surface area (Å²) < 4.78 is 27.2. The molecule has 2 amide bonds. The van der Waals surface area contributed by atoms with E-state index in [1.54, 1.807) is 43.3 Å². The number of carbonyl (C=O) groups is 2. The van der Waals surface area contributed by atoms with Gasteiger partial charge in [0.1, 0.15) is 0 Å². The second kappa shape index (κ2) is 13.1. The van der Waals surface area contributed by atoms with Crippen LogP contribution in [0.2, 0.25) is 0 Å². The molecule has 43 heavy (non-hydrogen) atoms. The van der Waals surface area contributed by atoms with Gasteiger partial charge in [-0.05, 0) is 81.4 Å². The molecule has 0 fully saturated rings. The Hall–Kier alpha value is -3.96. The zero-order valence-electron chi connectivity index (χ0n) is 26.2. The molecule has 228 valence electrons. The predicted octanol–water partition coefficient (Wildman–Crippen LogP) is 4.53. The summed E-state index contributed by atoms with van der Waals surface area (Å²) in [4.78, 5) is 27.5. The summed E-state index contributed by atoms with van der Waals surface area (Å²) in [5, 5.41) is 16.2. The lowest BCUT2D eigenvalue weighted by Crippen LogP contribution is -2.56. The van der Waals surface area contributed by atoms with Gasteiger partial charge in [-0.25, -0.2) is 13.4 Å². The van der Waals surface area contributed by atoms with Crippen molar-refractivity contribution in [3.8, 4) is 0 Å². The number of hydrogen-bond acceptors (Lipinski definition) is 6. The van der Waals surface area contributed by atoms with Crippen molar-refractivity contribution in [1.29, 1.82) is 0 Å². The van der Waals surface area contributed by atoms with Crippen molar-refractivity contribution in [2.45, 2.75) is 72.7 Å². The van der Waals surface area contributed by atoms with Crippen LogP contribution in [0.3, 0.4) is 0 Å². The number of hydrogen-bond donors (Lipinski definition) is 2. The van der Waals surface area contributed by atoms with Crippen LogP contribution < -0.4 is 10.9 Å². The maximum absolute atomic E-state index is 13.9. The van der Waals surface area contributed by atoms with Crippen LogP contribution in [0.5, 0.6) is 0 Å². The molecule has 0 aliphatic rings. The Morgan fingerprint density at radius 2 is 1.51 bits per heavy atom. The summed E-state index contributed by atoms with van der Waals surface area (Å²) in [6.07, 6.45) is 0.578. The van der Waals surface area contributed by atoms with Crippen molar-refractivity contribution >= 4 is 41.1 Å². The van der Waals surface area contributed by atoms with Crippen LogP contribution in [0.15, 0.2) is 70.7 Å². The molecular weight excluding hydrogens is 563 g/mol. The van der Waals surface area contributed by atoms with Crippen LogP contribution in [-0.2, 0) is 10.0 Å². The Bertz CT molecular complexity index is 1600. The summed E-state index contributed by atoms with van der Waals surface area (Å²) in [6.45, 7) is 18.7. The first-order valence-corrected chi connectivity index (χ1v) is 15.5. The van der Waals surface area contributed by atoms with Crippen molar-refractivity contribution in [3.63, 3.8) is 0 Å². The fourth-order valence-corrected chi connectivity index (χ4v) is 6.37. The van der Waals surface area contributed by atoms with Gasteiger partial charge in [0, 0.05) is 17.8 Å². The highest BCUT2D eigenvalue weighted by molar-refractivity contribution is 7.90. The molecule has 9 nitrogen and oxygen atoms in total. The van der Waals surface area contributed by atoms with Gasteiger partial charge in [0.15, 0.2) is 0 Å². The van der Waals surface area contributed by atoms with Crippen LogP contribution in [-0.4, -0.2) is 54.4 Å². The average molecular weight is 605 g/mol. The Morgan fingerprint density at radius 1 is 0.930 bits per heavy atom. The van der Waals surface area contributed by atoms with Gasteiger partial charge in [-0.15, -0.1) is 0 Å². The lowest BCUT2D eigenvalue weighted by Gasteiger charge is -2.39. The predicted molar refractivity (Wildman–Crippen MR) is 172 cm³/mol. The second-order valence-electron chi connectivity index (χ2n) is 12.0. The summed E-state index contributed by atoms with van der Waals surface area (Å²) in [5.74, 6) is -0.936. The molecular formula is C32H41BN4O5S. The van der Waals surface area contributed by atoms with Crippen LogP contribution in [0, 0.1) is 33.1 Å². The highest BCUT2D eigenvalue weighted by Crippen LogP contribution is 2.28. The van der Waals surface area contributed by atoms with E-state index in [4.69, 9.17) is 0 Å². The largest absolute Gasteiger partial charge is 0.484 e. The van der Waals surface area contributed by atoms with E-state index < -0.39 is 23.0 Å². The molecule has 0 saturated heterocycles. The third-order valence-corrected chi connectivity index (χ3v) is 9.02. The van der Waals surface area contributed by atoms with E-state index in [-0.39, 0.29) is 33.3 Å². The van der Waals surface area contributed by atoms with Crippen molar-refractivity contribution in [2.75, 3.05) is 0 Å². The minimum absolute atomic E-state index is 0.0653. The standard InChI is InChI=1S/C32H41BN4O5S/c1-10-29(32(6,7)8)36(31(39)26-18-22(3)17-23(4)19-26)35-30(38)25-14-13-24(5)28(20-25)33(40)37(34-9)43(41,42)27-15-11-21(2)12-16-27/h11-20,29,40H,9-10H2,1-8H3,(H,35,38)/t29-/m1/s1. The first-order chi connectivity index (χ1) is 20.0. The topological polar surface area (TPSA) is 119 Å². The van der Waals surface area contributed by atoms with Crippen molar-refractivity contribution in [1.82, 2.24) is 14.8 Å². The van der Waals surface area contributed by atoms with Crippen molar-refractivity contribution in [3.05, 3.63) is 94.0 Å². The van der Waals surface area contributed by atoms with E-state index in [1.165, 1.54) is 23.2 Å². The van der Waals surface area contributed by atoms with Crippen molar-refractivity contribution < 1.29 is 23.0 Å². The van der Waals surface area contributed by atoms with Gasteiger partial charge in [-0.1, -0.05) is 74.2 Å². The highest BCUT2D eigenvalue weighted by atomic mass is 32.2. The maximum atomic E-state index is 13.9. The molecule has 0 aliphatic carbocycles. The third kappa shape index (κ3) is 7.53. The van der Waals surface area contributed by atoms with E-state index in [0.29, 0.717) is 21.9 Å². The molecule has 0 bridgehead atoms. The fourth-order valence-electron chi connectivity index (χ4n) is 5.15. The SMILES string of the molecule is C=NN(B(O)c1cc(C(=O)NN(C(=O)c2cc(C)cc(C)c2)[C@H](CC)C(C)(C)C)ccc1C)S(=O)(=O)c1ccc(C)cc1. The van der Waals surface area contributed by atoms with E-state index in [1.807, 2.05) is 54.5 Å². The van der Waals surface area contributed by atoms with Crippen LogP contribution in [0.25, 0.3) is 0 Å². The molecule has 0 saturated carbocycles. The molecule has 0 heterocycles. The van der Waals surface area contributed by atoms with Gasteiger partial charge >= 0.3 is 7.05 Å². The molecule has 0 spiro atoms. The highest BCUT2D eigenvalue weighted by Gasteiger charge is 2.37. The quantitative estimate of drug-likeness (QED) is 0.211. The maximum Gasteiger partial charge on any atom is 0.484 e. The van der Waals surface area contributed by atoms with Crippen LogP contribution >= 0.6 is 0 Å². The van der Waals surface area contributed by atoms with Crippen molar-refractivity contribution in [2.24, 2.45) is 10.5 Å². The van der Waals surface area contributed by atoms with Crippen LogP contribution in [0.4, 0.5) is 0 Å². The van der Waals surface area contributed by atoms with E-state index in [0.717, 1.165) is 16.7 Å². The Morgan fingerprint density at radius 3 is 2.02 bits per heavy atom. The molecule has 0 radical (unpaired) electrons. The number of hydrazone groups is 1. The molecule has 11 heteroatoms. The third-order valence-electron chi connectivity index (χ3n) is 7.34. The molecule has 3 aromatic rings. The number of nitrogens with one attached hydrogen (secondary N) is 1. The second-order valence-corrected chi connectivity index (χ2v) is 13.8. The van der Waals surface area contributed by atoms with Gasteiger partial charge in [0.2, 0.25) is 0 Å². The monoisotopic (exact) mass is 604 g/mol. The number of rotatable bonds is 9. The lowest BCUT2D eigenvalue weighted by atomic mass is 9.72. The van der Waals surface area contributed by atoms with E-state index in [2.05, 4.69) is 17.2 Å². The number of amides is 2. The first-order valence-electron chi connectivity index (χ1n) is 14.1. The number of benzene rings is 3. The minimum Gasteiger partial charge on any atom is -0.427 e. The van der Waals surface area contributed by atoms with Crippen LogP contribution in [0.1, 0.15) is 77.1 Å². The zero-order chi connectivity index (χ0) is 32.3. The number of sulfonamides is 1. The summed E-state index contributed by atoms with van der Waals surface area (Å²) in [7, 11) is -6.02.